The second-order valence-corrected chi connectivity index (χ2v) is 10.0. The van der Waals surface area contributed by atoms with Gasteiger partial charge < -0.3 is 24.9 Å². The lowest BCUT2D eigenvalue weighted by atomic mass is 9.45. The smallest absolute Gasteiger partial charge is 0.165 e. The number of allylic oxidation sites excluding steroid dienone is 1. The van der Waals surface area contributed by atoms with Crippen molar-refractivity contribution in [3.63, 3.8) is 0 Å². The summed E-state index contributed by atoms with van der Waals surface area (Å²) in [5, 5.41) is 32.2. The van der Waals surface area contributed by atoms with Crippen LogP contribution in [0.3, 0.4) is 0 Å². The molecule has 0 saturated heterocycles. The fourth-order valence-electron chi connectivity index (χ4n) is 7.50. The number of rotatable bonds is 5. The molecule has 7 heteroatoms. The monoisotopic (exact) mass is 417 g/mol. The van der Waals surface area contributed by atoms with E-state index in [1.54, 1.807) is 6.08 Å². The molecule has 0 amide bonds. The van der Waals surface area contributed by atoms with E-state index in [-0.39, 0.29) is 35.4 Å². The number of fused-ring (bicyclic) bond motifs is 5. The van der Waals surface area contributed by atoms with Gasteiger partial charge in [0.25, 0.3) is 0 Å². The summed E-state index contributed by atoms with van der Waals surface area (Å²) >= 11 is 0. The topological polar surface area (TPSA) is 132 Å². The third-order valence-electron chi connectivity index (χ3n) is 8.75. The largest absolute Gasteiger partial charge is 0.550 e. The summed E-state index contributed by atoms with van der Waals surface area (Å²) in [6.45, 7) is 2.11. The van der Waals surface area contributed by atoms with Crippen LogP contribution in [0, 0.1) is 34.5 Å². The van der Waals surface area contributed by atoms with Crippen molar-refractivity contribution in [1.29, 1.82) is 0 Å². The van der Waals surface area contributed by atoms with E-state index in [4.69, 9.17) is 0 Å². The molecule has 0 spiro atoms. The third-order valence-corrected chi connectivity index (χ3v) is 8.75. The zero-order valence-electron chi connectivity index (χ0n) is 17.2. The van der Waals surface area contributed by atoms with Crippen molar-refractivity contribution in [2.75, 3.05) is 0 Å². The summed E-state index contributed by atoms with van der Waals surface area (Å²) < 4.78 is 0. The number of hydrogen-bond donors (Lipinski definition) is 2. The van der Waals surface area contributed by atoms with E-state index in [9.17, 15) is 34.5 Å². The molecule has 4 aliphatic carbocycles. The van der Waals surface area contributed by atoms with Gasteiger partial charge in [0.2, 0.25) is 0 Å². The van der Waals surface area contributed by atoms with Crippen molar-refractivity contribution in [2.45, 2.75) is 70.5 Å². The maximum absolute atomic E-state index is 12.9. The van der Waals surface area contributed by atoms with Crippen molar-refractivity contribution in [3.8, 4) is 0 Å². The first kappa shape index (κ1) is 21.4. The number of carboxylic acids is 1. The Balaban J connectivity index is 1.67. The fourth-order valence-corrected chi connectivity index (χ4v) is 7.50. The van der Waals surface area contributed by atoms with Gasteiger partial charge in [-0.25, -0.2) is 0 Å². The van der Waals surface area contributed by atoms with E-state index < -0.39 is 41.7 Å². The number of aliphatic hydroxyl groups excluding tert-OH is 2. The van der Waals surface area contributed by atoms with Crippen LogP contribution in [0.2, 0.25) is 0 Å². The number of aliphatic carboxylic acids is 1. The van der Waals surface area contributed by atoms with E-state index in [1.807, 2.05) is 0 Å². The van der Waals surface area contributed by atoms with Crippen LogP contribution in [0.4, 0.5) is 0 Å². The van der Waals surface area contributed by atoms with Gasteiger partial charge in [0.1, 0.15) is 12.4 Å². The number of ketones is 2. The number of carboxylic acid groups (broad SMARTS) is 1. The maximum atomic E-state index is 12.9. The molecule has 0 heterocycles. The first-order valence-corrected chi connectivity index (χ1v) is 10.9. The number of carbonyl (C=O) groups excluding carboxylic acids is 4. The molecule has 0 aromatic carbocycles. The van der Waals surface area contributed by atoms with Crippen molar-refractivity contribution in [3.05, 3.63) is 11.6 Å². The highest BCUT2D eigenvalue weighted by atomic mass is 16.4. The summed E-state index contributed by atoms with van der Waals surface area (Å²) in [6.07, 6.45) is 3.04. The summed E-state index contributed by atoms with van der Waals surface area (Å²) in [5.74, 6) is -2.94. The number of carbonyl (C=O) groups is 4. The standard InChI is InChI=1S/C23H30O7/c1-22-7-6-13(25)8-12(22)2-3-14-15-4-5-16(21(30)17(26)9-19(28)29)23(15,11-24)10-18(27)20(14)22/h8,11,14-18,20,26-27H,2-7,9-10H2,1H3,(H,28,29)/p-1/t14-,15-,16+,17?,18-,20+,22-,23+/m0/s1. The number of aliphatic hydroxyl groups is 2. The molecule has 30 heavy (non-hydrogen) atoms. The molecule has 0 aliphatic heterocycles. The quantitative estimate of drug-likeness (QED) is 0.617. The number of hydrogen-bond acceptors (Lipinski definition) is 7. The second kappa shape index (κ2) is 7.38. The molecule has 0 aromatic heterocycles. The van der Waals surface area contributed by atoms with Gasteiger partial charge in [-0.2, -0.15) is 0 Å². The molecule has 164 valence electrons. The minimum Gasteiger partial charge on any atom is -0.550 e. The van der Waals surface area contributed by atoms with Crippen LogP contribution >= 0.6 is 0 Å². The Hall–Kier alpha value is -1.86. The van der Waals surface area contributed by atoms with Gasteiger partial charge in [0.15, 0.2) is 11.6 Å². The molecule has 0 aromatic rings. The van der Waals surface area contributed by atoms with Crippen LogP contribution < -0.4 is 5.11 Å². The predicted octanol–water partition coefficient (Wildman–Crippen LogP) is 0.354. The lowest BCUT2D eigenvalue weighted by Crippen LogP contribution is -2.58. The average Bonchev–Trinajstić information content (AvgIpc) is 3.06. The molecule has 0 radical (unpaired) electrons. The van der Waals surface area contributed by atoms with Gasteiger partial charge in [-0.3, -0.25) is 9.59 Å². The molecule has 1 unspecified atom stereocenters. The highest BCUT2D eigenvalue weighted by Crippen LogP contribution is 2.66. The Morgan fingerprint density at radius 2 is 2.03 bits per heavy atom. The SMILES string of the molecule is C[C@]12CCC(=O)C=C1CC[C@@H]1[C@@H]2[C@@H](O)C[C@]2(C=O)[C@@H](C(=O)C(O)CC(=O)[O-])CC[C@@H]12. The lowest BCUT2D eigenvalue weighted by Gasteiger charge is -2.59. The highest BCUT2D eigenvalue weighted by molar-refractivity contribution is 5.92. The van der Waals surface area contributed by atoms with Crippen LogP contribution in [0.15, 0.2) is 11.6 Å². The fraction of sp³-hybridized carbons (Fsp3) is 0.739. The molecular formula is C23H29O7-. The molecule has 0 bridgehead atoms. The molecular weight excluding hydrogens is 388 g/mol. The van der Waals surface area contributed by atoms with Crippen LogP contribution in [-0.2, 0) is 19.2 Å². The maximum Gasteiger partial charge on any atom is 0.165 e. The molecule has 4 rings (SSSR count). The molecule has 2 N–H and O–H groups in total. The molecule has 3 fully saturated rings. The summed E-state index contributed by atoms with van der Waals surface area (Å²) in [6, 6.07) is 0. The van der Waals surface area contributed by atoms with E-state index in [0.29, 0.717) is 25.7 Å². The summed E-state index contributed by atoms with van der Waals surface area (Å²) in [4.78, 5) is 48.1. The van der Waals surface area contributed by atoms with Crippen molar-refractivity contribution >= 4 is 23.8 Å². The van der Waals surface area contributed by atoms with Gasteiger partial charge in [0, 0.05) is 30.1 Å². The van der Waals surface area contributed by atoms with Crippen molar-refractivity contribution in [1.82, 2.24) is 0 Å². The van der Waals surface area contributed by atoms with Crippen LogP contribution in [0.5, 0.6) is 0 Å². The molecule has 4 aliphatic rings. The lowest BCUT2D eigenvalue weighted by molar-refractivity contribution is -0.307. The molecule has 3 saturated carbocycles. The van der Waals surface area contributed by atoms with E-state index in [0.717, 1.165) is 24.7 Å². The first-order chi connectivity index (χ1) is 14.1. The van der Waals surface area contributed by atoms with Crippen LogP contribution in [0.1, 0.15) is 58.3 Å². The van der Waals surface area contributed by atoms with Gasteiger partial charge in [0.05, 0.1) is 6.10 Å². The summed E-state index contributed by atoms with van der Waals surface area (Å²) in [5.41, 5.74) is -0.276. The van der Waals surface area contributed by atoms with E-state index in [1.165, 1.54) is 0 Å². The Labute approximate surface area is 175 Å². The Morgan fingerprint density at radius 3 is 2.70 bits per heavy atom. The molecule has 7 nitrogen and oxygen atoms in total. The first-order valence-electron chi connectivity index (χ1n) is 10.9. The van der Waals surface area contributed by atoms with E-state index in [2.05, 4.69) is 6.92 Å². The Bertz CT molecular complexity index is 816. The van der Waals surface area contributed by atoms with Crippen molar-refractivity contribution in [2.24, 2.45) is 34.5 Å². The van der Waals surface area contributed by atoms with Crippen LogP contribution in [-0.4, -0.2) is 46.2 Å². The number of aldehydes is 1. The average molecular weight is 417 g/mol. The second-order valence-electron chi connectivity index (χ2n) is 10.0. The van der Waals surface area contributed by atoms with Gasteiger partial charge >= 0.3 is 0 Å². The molecule has 8 atom stereocenters. The summed E-state index contributed by atoms with van der Waals surface area (Å²) in [7, 11) is 0. The predicted molar refractivity (Wildman–Crippen MR) is 103 cm³/mol. The van der Waals surface area contributed by atoms with Gasteiger partial charge in [-0.15, -0.1) is 0 Å². The minimum atomic E-state index is -1.70. The van der Waals surface area contributed by atoms with Gasteiger partial charge in [-0.05, 0) is 67.8 Å². The third kappa shape index (κ3) is 3.01. The van der Waals surface area contributed by atoms with Crippen molar-refractivity contribution < 1.29 is 34.5 Å². The zero-order chi connectivity index (χ0) is 21.8. The van der Waals surface area contributed by atoms with E-state index >= 15 is 0 Å². The van der Waals surface area contributed by atoms with Crippen LogP contribution in [0.25, 0.3) is 0 Å². The zero-order valence-corrected chi connectivity index (χ0v) is 17.2. The minimum absolute atomic E-state index is 0.0467. The normalized spacial score (nSPS) is 43.6. The Kier molecular flexibility index (Phi) is 5.26. The Morgan fingerprint density at radius 1 is 1.30 bits per heavy atom. The van der Waals surface area contributed by atoms with Gasteiger partial charge in [-0.1, -0.05) is 12.5 Å². The highest BCUT2D eigenvalue weighted by Gasteiger charge is 2.65. The number of Topliss-reactive ketones (excluding diaryl/α,β-unsaturated/α-hetero) is 1.